The summed E-state index contributed by atoms with van der Waals surface area (Å²) in [5.41, 5.74) is 3.05. The lowest BCUT2D eigenvalue weighted by Crippen LogP contribution is -2.14. The first-order chi connectivity index (χ1) is 14.1. The summed E-state index contributed by atoms with van der Waals surface area (Å²) in [4.78, 5) is 28.0. The molecule has 0 radical (unpaired) electrons. The third-order valence-electron chi connectivity index (χ3n) is 5.29. The predicted molar refractivity (Wildman–Crippen MR) is 112 cm³/mol. The number of H-pyrrole nitrogens is 1. The van der Waals surface area contributed by atoms with Gasteiger partial charge in [0.2, 0.25) is 5.88 Å². The molecule has 1 aliphatic carbocycles. The maximum Gasteiger partial charge on any atom is 0.254 e. The van der Waals surface area contributed by atoms with Crippen LogP contribution in [0.15, 0.2) is 41.5 Å². The van der Waals surface area contributed by atoms with Gasteiger partial charge >= 0.3 is 0 Å². The van der Waals surface area contributed by atoms with Crippen LogP contribution in [0.2, 0.25) is 0 Å². The summed E-state index contributed by atoms with van der Waals surface area (Å²) >= 11 is 0. The second-order valence-corrected chi connectivity index (χ2v) is 7.44. The highest BCUT2D eigenvalue weighted by Crippen LogP contribution is 2.23. The van der Waals surface area contributed by atoms with Gasteiger partial charge in [-0.1, -0.05) is 6.07 Å². The number of aromatic amines is 1. The Kier molecular flexibility index (Phi) is 5.55. The van der Waals surface area contributed by atoms with Crippen molar-refractivity contribution in [2.24, 2.45) is 0 Å². The van der Waals surface area contributed by atoms with E-state index in [-0.39, 0.29) is 5.56 Å². The molecule has 7 heteroatoms. The van der Waals surface area contributed by atoms with Gasteiger partial charge in [0.15, 0.2) is 0 Å². The largest absolute Gasteiger partial charge is 0.474 e. The summed E-state index contributed by atoms with van der Waals surface area (Å²) in [6.45, 7) is 4.20. The molecule has 4 rings (SSSR count). The fourth-order valence-electron chi connectivity index (χ4n) is 3.38. The van der Waals surface area contributed by atoms with E-state index >= 15 is 0 Å². The zero-order valence-corrected chi connectivity index (χ0v) is 16.7. The molecular weight excluding hydrogens is 366 g/mol. The molecular formula is C22H25N5O2. The number of anilines is 1. The minimum Gasteiger partial charge on any atom is -0.474 e. The number of rotatable bonds is 6. The van der Waals surface area contributed by atoms with Crippen molar-refractivity contribution >= 4 is 5.82 Å². The Balaban J connectivity index is 1.36. The molecule has 3 heterocycles. The van der Waals surface area contributed by atoms with Crippen LogP contribution in [0.4, 0.5) is 5.82 Å². The molecule has 29 heavy (non-hydrogen) atoms. The van der Waals surface area contributed by atoms with E-state index in [1.54, 1.807) is 13.1 Å². The highest BCUT2D eigenvalue weighted by Gasteiger charge is 2.16. The van der Waals surface area contributed by atoms with Crippen LogP contribution in [-0.4, -0.2) is 26.0 Å². The lowest BCUT2D eigenvalue weighted by Gasteiger charge is -2.12. The Morgan fingerprint density at radius 3 is 2.59 bits per heavy atom. The number of nitrogens with one attached hydrogen (secondary N) is 2. The van der Waals surface area contributed by atoms with E-state index in [9.17, 15) is 4.79 Å². The molecule has 3 aromatic rings. The zero-order valence-electron chi connectivity index (χ0n) is 16.7. The van der Waals surface area contributed by atoms with Gasteiger partial charge in [-0.2, -0.15) is 0 Å². The number of hydrogen-bond donors (Lipinski definition) is 2. The molecule has 0 saturated heterocycles. The van der Waals surface area contributed by atoms with Crippen molar-refractivity contribution in [3.63, 3.8) is 0 Å². The third kappa shape index (κ3) is 4.62. The van der Waals surface area contributed by atoms with Gasteiger partial charge in [-0.3, -0.25) is 4.79 Å². The first-order valence-electron chi connectivity index (χ1n) is 9.98. The molecule has 0 aliphatic heterocycles. The van der Waals surface area contributed by atoms with E-state index in [0.29, 0.717) is 29.9 Å². The van der Waals surface area contributed by atoms with Crippen molar-refractivity contribution in [1.82, 2.24) is 19.9 Å². The predicted octanol–water partition coefficient (Wildman–Crippen LogP) is 3.78. The first kappa shape index (κ1) is 19.1. The van der Waals surface area contributed by atoms with Crippen molar-refractivity contribution in [2.45, 2.75) is 52.2 Å². The lowest BCUT2D eigenvalue weighted by molar-refractivity contribution is 0.201. The van der Waals surface area contributed by atoms with Crippen molar-refractivity contribution in [1.29, 1.82) is 0 Å². The summed E-state index contributed by atoms with van der Waals surface area (Å²) in [6, 6.07) is 7.70. The molecule has 7 nitrogen and oxygen atoms in total. The van der Waals surface area contributed by atoms with Gasteiger partial charge in [-0.25, -0.2) is 15.0 Å². The molecule has 0 unspecified atom stereocenters. The van der Waals surface area contributed by atoms with Crippen LogP contribution in [0.3, 0.4) is 0 Å². The van der Waals surface area contributed by atoms with Gasteiger partial charge in [0, 0.05) is 41.8 Å². The fraction of sp³-hybridized carbons (Fsp3) is 0.364. The van der Waals surface area contributed by atoms with Crippen LogP contribution >= 0.6 is 0 Å². The topological polar surface area (TPSA) is 92.8 Å². The number of hydrogen-bond acceptors (Lipinski definition) is 6. The fourth-order valence-corrected chi connectivity index (χ4v) is 3.38. The van der Waals surface area contributed by atoms with Gasteiger partial charge in [-0.05, 0) is 57.2 Å². The molecule has 0 aromatic carbocycles. The minimum atomic E-state index is -0.123. The summed E-state index contributed by atoms with van der Waals surface area (Å²) in [5, 5.41) is 3.28. The Bertz CT molecular complexity index is 1020. The number of ether oxygens (including phenoxy) is 1. The Morgan fingerprint density at radius 1 is 1.10 bits per heavy atom. The molecule has 1 fully saturated rings. The molecule has 1 saturated carbocycles. The average Bonchev–Trinajstić information content (AvgIpc) is 3.24. The molecule has 0 spiro atoms. The van der Waals surface area contributed by atoms with E-state index < -0.39 is 0 Å². The monoisotopic (exact) mass is 391 g/mol. The molecule has 0 amide bonds. The number of aryl methyl sites for hydroxylation is 1. The van der Waals surface area contributed by atoms with E-state index in [1.165, 1.54) is 12.8 Å². The van der Waals surface area contributed by atoms with Gasteiger partial charge in [-0.15, -0.1) is 0 Å². The van der Waals surface area contributed by atoms with E-state index in [0.717, 1.165) is 35.5 Å². The lowest BCUT2D eigenvalue weighted by atomic mass is 10.2. The molecule has 150 valence electrons. The van der Waals surface area contributed by atoms with Crippen molar-refractivity contribution in [3.05, 3.63) is 63.8 Å². The Hall–Kier alpha value is -3.22. The molecule has 0 atom stereocenters. The maximum absolute atomic E-state index is 11.9. The van der Waals surface area contributed by atoms with Crippen LogP contribution in [0, 0.1) is 13.8 Å². The molecule has 2 N–H and O–H groups in total. The summed E-state index contributed by atoms with van der Waals surface area (Å²) < 4.78 is 5.90. The van der Waals surface area contributed by atoms with Crippen LogP contribution in [0.5, 0.6) is 5.88 Å². The Morgan fingerprint density at radius 2 is 1.93 bits per heavy atom. The smallest absolute Gasteiger partial charge is 0.254 e. The maximum atomic E-state index is 11.9. The summed E-state index contributed by atoms with van der Waals surface area (Å²) in [5.74, 6) is 1.96. The van der Waals surface area contributed by atoms with E-state index in [1.807, 2.05) is 37.4 Å². The number of pyridine rings is 2. The van der Waals surface area contributed by atoms with Crippen LogP contribution in [-0.2, 0) is 6.54 Å². The SMILES string of the molecule is Cc1nc(-c2ccc(NCc3ccc(OC4CCCC4)nc3)nc2)[nH]c(=O)c1C. The van der Waals surface area contributed by atoms with E-state index in [2.05, 4.69) is 25.3 Å². The van der Waals surface area contributed by atoms with Gasteiger partial charge in [0.1, 0.15) is 17.7 Å². The van der Waals surface area contributed by atoms with Crippen molar-refractivity contribution < 1.29 is 4.74 Å². The van der Waals surface area contributed by atoms with Crippen molar-refractivity contribution in [3.8, 4) is 17.3 Å². The average molecular weight is 391 g/mol. The third-order valence-corrected chi connectivity index (χ3v) is 5.29. The highest BCUT2D eigenvalue weighted by atomic mass is 16.5. The van der Waals surface area contributed by atoms with Crippen molar-refractivity contribution in [2.75, 3.05) is 5.32 Å². The van der Waals surface area contributed by atoms with E-state index in [4.69, 9.17) is 4.74 Å². The van der Waals surface area contributed by atoms with Crippen LogP contribution in [0.1, 0.15) is 42.5 Å². The first-order valence-corrected chi connectivity index (χ1v) is 9.98. The second-order valence-electron chi connectivity index (χ2n) is 7.44. The number of aromatic nitrogens is 4. The summed E-state index contributed by atoms with van der Waals surface area (Å²) in [6.07, 6.45) is 8.58. The highest BCUT2D eigenvalue weighted by molar-refractivity contribution is 5.56. The Labute approximate surface area is 169 Å². The quantitative estimate of drug-likeness (QED) is 0.664. The van der Waals surface area contributed by atoms with Gasteiger partial charge in [0.05, 0.1) is 0 Å². The minimum absolute atomic E-state index is 0.123. The summed E-state index contributed by atoms with van der Waals surface area (Å²) in [7, 11) is 0. The molecule has 3 aromatic heterocycles. The normalized spacial score (nSPS) is 14.1. The molecule has 0 bridgehead atoms. The van der Waals surface area contributed by atoms with Crippen LogP contribution < -0.4 is 15.6 Å². The van der Waals surface area contributed by atoms with Gasteiger partial charge in [0.25, 0.3) is 5.56 Å². The standard InChI is InChI=1S/C22H25N5O2/c1-14-15(2)26-21(27-22(14)28)17-8-9-19(24-13-17)23-11-16-7-10-20(25-12-16)29-18-5-3-4-6-18/h7-10,12-13,18H,3-6,11H2,1-2H3,(H,23,24)(H,26,27,28). The number of nitrogens with zero attached hydrogens (tertiary/aromatic N) is 3. The molecule has 1 aliphatic rings. The second kappa shape index (κ2) is 8.43. The van der Waals surface area contributed by atoms with Gasteiger partial charge < -0.3 is 15.0 Å². The zero-order chi connectivity index (χ0) is 20.2. The van der Waals surface area contributed by atoms with Crippen LogP contribution in [0.25, 0.3) is 11.4 Å².